The Hall–Kier alpha value is -0.820. The lowest BCUT2D eigenvalue weighted by Crippen LogP contribution is -1.90. The van der Waals surface area contributed by atoms with E-state index in [0.717, 1.165) is 11.1 Å². The molecule has 57 valence electrons. The molecule has 1 aromatic rings. The summed E-state index contributed by atoms with van der Waals surface area (Å²) in [5.41, 5.74) is 1.92. The van der Waals surface area contributed by atoms with Gasteiger partial charge in [0.15, 0.2) is 0 Å². The standard InChI is InChI=1S/C9H8ClO/c1-7-8(5-6-11)3-2-4-9(7)10/h2-4H,5H2,1H3. The Bertz CT molecular complexity index is 268. The van der Waals surface area contributed by atoms with Crippen molar-refractivity contribution in [3.63, 3.8) is 0 Å². The maximum atomic E-state index is 10.1. The van der Waals surface area contributed by atoms with Crippen LogP contribution in [0.25, 0.3) is 0 Å². The summed E-state index contributed by atoms with van der Waals surface area (Å²) in [5, 5.41) is 0.706. The molecule has 0 spiro atoms. The van der Waals surface area contributed by atoms with Crippen LogP contribution >= 0.6 is 11.6 Å². The number of hydrogen-bond acceptors (Lipinski definition) is 1. The summed E-state index contributed by atoms with van der Waals surface area (Å²) >= 11 is 5.82. The highest BCUT2D eigenvalue weighted by Crippen LogP contribution is 2.18. The van der Waals surface area contributed by atoms with Gasteiger partial charge in [0, 0.05) is 11.4 Å². The average Bonchev–Trinajstić information content (AvgIpc) is 1.99. The van der Waals surface area contributed by atoms with Gasteiger partial charge in [-0.15, -0.1) is 0 Å². The van der Waals surface area contributed by atoms with E-state index in [-0.39, 0.29) is 0 Å². The van der Waals surface area contributed by atoms with Crippen LogP contribution in [0.3, 0.4) is 0 Å². The van der Waals surface area contributed by atoms with Crippen LogP contribution in [0.5, 0.6) is 0 Å². The second kappa shape index (κ2) is 3.54. The SMILES string of the molecule is Cc1c(Cl)cccc1C[C]=O. The summed E-state index contributed by atoms with van der Waals surface area (Å²) in [6.07, 6.45) is 2.17. The summed E-state index contributed by atoms with van der Waals surface area (Å²) in [4.78, 5) is 10.1. The summed E-state index contributed by atoms with van der Waals surface area (Å²) < 4.78 is 0. The minimum Gasteiger partial charge on any atom is -0.291 e. The fraction of sp³-hybridized carbons (Fsp3) is 0.222. The van der Waals surface area contributed by atoms with Crippen LogP contribution in [0.4, 0.5) is 0 Å². The molecule has 0 aliphatic rings. The van der Waals surface area contributed by atoms with Crippen LogP contribution in [-0.2, 0) is 11.2 Å². The van der Waals surface area contributed by atoms with Crippen molar-refractivity contribution < 1.29 is 4.79 Å². The molecule has 0 unspecified atom stereocenters. The van der Waals surface area contributed by atoms with E-state index in [1.54, 1.807) is 0 Å². The first-order valence-electron chi connectivity index (χ1n) is 3.34. The van der Waals surface area contributed by atoms with Gasteiger partial charge in [0.05, 0.1) is 0 Å². The molecule has 1 rings (SSSR count). The van der Waals surface area contributed by atoms with E-state index in [1.165, 1.54) is 0 Å². The quantitative estimate of drug-likeness (QED) is 0.661. The highest BCUT2D eigenvalue weighted by atomic mass is 35.5. The van der Waals surface area contributed by atoms with Crippen LogP contribution in [0.15, 0.2) is 18.2 Å². The number of rotatable bonds is 2. The lowest BCUT2D eigenvalue weighted by Gasteiger charge is -2.01. The first kappa shape index (κ1) is 8.28. The molecule has 0 aliphatic carbocycles. The molecule has 1 nitrogen and oxygen atoms in total. The Morgan fingerprint density at radius 2 is 2.27 bits per heavy atom. The first-order valence-corrected chi connectivity index (χ1v) is 3.72. The summed E-state index contributed by atoms with van der Waals surface area (Å²) in [6.45, 7) is 1.90. The molecule has 11 heavy (non-hydrogen) atoms. The third kappa shape index (κ3) is 1.81. The Labute approximate surface area is 71.0 Å². The summed E-state index contributed by atoms with van der Waals surface area (Å²) in [6, 6.07) is 5.53. The average molecular weight is 168 g/mol. The molecular weight excluding hydrogens is 160 g/mol. The molecular formula is C9H8ClO. The lowest BCUT2D eigenvalue weighted by atomic mass is 10.1. The van der Waals surface area contributed by atoms with E-state index >= 15 is 0 Å². The Morgan fingerprint density at radius 3 is 2.91 bits per heavy atom. The van der Waals surface area contributed by atoms with Crippen LogP contribution in [0, 0.1) is 6.92 Å². The Kier molecular flexibility index (Phi) is 2.66. The lowest BCUT2D eigenvalue weighted by molar-refractivity contribution is 0.555. The van der Waals surface area contributed by atoms with E-state index in [9.17, 15) is 4.79 Å². The van der Waals surface area contributed by atoms with Gasteiger partial charge in [0.1, 0.15) is 0 Å². The molecule has 2 heteroatoms. The highest BCUT2D eigenvalue weighted by molar-refractivity contribution is 6.31. The highest BCUT2D eigenvalue weighted by Gasteiger charge is 2.00. The van der Waals surface area contributed by atoms with E-state index in [0.29, 0.717) is 11.4 Å². The van der Waals surface area contributed by atoms with E-state index in [2.05, 4.69) is 0 Å². The third-order valence-corrected chi connectivity index (χ3v) is 2.05. The van der Waals surface area contributed by atoms with Crippen molar-refractivity contribution in [1.29, 1.82) is 0 Å². The zero-order valence-corrected chi connectivity index (χ0v) is 6.98. The van der Waals surface area contributed by atoms with Gasteiger partial charge in [-0.25, -0.2) is 0 Å². The first-order chi connectivity index (χ1) is 5.25. The Morgan fingerprint density at radius 1 is 1.55 bits per heavy atom. The van der Waals surface area contributed by atoms with Gasteiger partial charge in [-0.2, -0.15) is 0 Å². The van der Waals surface area contributed by atoms with Gasteiger partial charge in [0.25, 0.3) is 0 Å². The second-order valence-corrected chi connectivity index (χ2v) is 2.75. The Balaban J connectivity index is 3.05. The topological polar surface area (TPSA) is 17.1 Å². The van der Waals surface area contributed by atoms with Gasteiger partial charge in [-0.05, 0) is 24.1 Å². The predicted molar refractivity (Wildman–Crippen MR) is 45.6 cm³/mol. The van der Waals surface area contributed by atoms with Crippen molar-refractivity contribution in [3.8, 4) is 0 Å². The molecule has 0 aliphatic heterocycles. The zero-order chi connectivity index (χ0) is 8.27. The molecule has 0 bridgehead atoms. The minimum atomic E-state index is 0.326. The molecule has 0 atom stereocenters. The molecule has 0 saturated carbocycles. The van der Waals surface area contributed by atoms with Gasteiger partial charge in [-0.3, -0.25) is 4.79 Å². The molecule has 0 N–H and O–H groups in total. The monoisotopic (exact) mass is 167 g/mol. The fourth-order valence-electron chi connectivity index (χ4n) is 0.921. The fourth-order valence-corrected chi connectivity index (χ4v) is 1.12. The van der Waals surface area contributed by atoms with Crippen molar-refractivity contribution in [2.45, 2.75) is 13.3 Å². The number of benzene rings is 1. The molecule has 0 fully saturated rings. The van der Waals surface area contributed by atoms with Crippen LogP contribution < -0.4 is 0 Å². The number of halogens is 1. The maximum absolute atomic E-state index is 10.1. The summed E-state index contributed by atoms with van der Waals surface area (Å²) in [5.74, 6) is 0. The summed E-state index contributed by atoms with van der Waals surface area (Å²) in [7, 11) is 0. The van der Waals surface area contributed by atoms with E-state index in [4.69, 9.17) is 11.6 Å². The maximum Gasteiger partial charge on any atom is 0.203 e. The van der Waals surface area contributed by atoms with Crippen molar-refractivity contribution in [2.75, 3.05) is 0 Å². The molecule has 1 radical (unpaired) electrons. The van der Waals surface area contributed by atoms with Crippen molar-refractivity contribution in [1.82, 2.24) is 0 Å². The van der Waals surface area contributed by atoms with Crippen LogP contribution in [0.1, 0.15) is 11.1 Å². The van der Waals surface area contributed by atoms with Crippen molar-refractivity contribution in [3.05, 3.63) is 34.3 Å². The van der Waals surface area contributed by atoms with Crippen LogP contribution in [-0.4, -0.2) is 6.29 Å². The number of carbonyl (C=O) groups excluding carboxylic acids is 1. The van der Waals surface area contributed by atoms with E-state index in [1.807, 2.05) is 31.4 Å². The second-order valence-electron chi connectivity index (χ2n) is 2.35. The largest absolute Gasteiger partial charge is 0.291 e. The number of hydrogen-bond donors (Lipinski definition) is 0. The van der Waals surface area contributed by atoms with Gasteiger partial charge >= 0.3 is 0 Å². The molecule has 0 heterocycles. The molecule has 0 aromatic heterocycles. The molecule has 1 aromatic carbocycles. The van der Waals surface area contributed by atoms with Crippen LogP contribution in [0.2, 0.25) is 5.02 Å². The van der Waals surface area contributed by atoms with Gasteiger partial charge in [0.2, 0.25) is 6.29 Å². The smallest absolute Gasteiger partial charge is 0.203 e. The predicted octanol–water partition coefficient (Wildman–Crippen LogP) is 2.30. The normalized spacial score (nSPS) is 9.64. The molecule has 0 amide bonds. The van der Waals surface area contributed by atoms with Gasteiger partial charge < -0.3 is 0 Å². The van der Waals surface area contributed by atoms with E-state index < -0.39 is 0 Å². The van der Waals surface area contributed by atoms with Crippen molar-refractivity contribution in [2.24, 2.45) is 0 Å². The van der Waals surface area contributed by atoms with Crippen molar-refractivity contribution >= 4 is 17.9 Å². The van der Waals surface area contributed by atoms with Gasteiger partial charge in [-0.1, -0.05) is 23.7 Å². The zero-order valence-electron chi connectivity index (χ0n) is 6.23. The molecule has 0 saturated heterocycles. The minimum absolute atomic E-state index is 0.326. The third-order valence-electron chi connectivity index (χ3n) is 1.64.